The summed E-state index contributed by atoms with van der Waals surface area (Å²) in [4.78, 5) is 4.47. The second kappa shape index (κ2) is 7.62. The van der Waals surface area contributed by atoms with Gasteiger partial charge in [-0.25, -0.2) is 4.98 Å². The highest BCUT2D eigenvalue weighted by atomic mass is 35.5. The van der Waals surface area contributed by atoms with Gasteiger partial charge in [-0.3, -0.25) is 5.10 Å². The van der Waals surface area contributed by atoms with Crippen LogP contribution in [0.4, 0.5) is 0 Å². The molecule has 2 aromatic rings. The number of nitrogens with zero attached hydrogens (tertiary/aromatic N) is 2. The zero-order valence-corrected chi connectivity index (χ0v) is 12.7. The van der Waals surface area contributed by atoms with Crippen LogP contribution in [0.25, 0.3) is 0 Å². The summed E-state index contributed by atoms with van der Waals surface area (Å²) in [7, 11) is 0. The fraction of sp³-hybridized carbons (Fsp3) is 0.429. The Morgan fingerprint density at radius 2 is 2.00 bits per heavy atom. The molecule has 0 unspecified atom stereocenters. The Morgan fingerprint density at radius 1 is 1.15 bits per heavy atom. The Hall–Kier alpha value is -1.10. The standard InChI is InChI=1S/C14H18Cl2N4/c15-11-6-4-5-10(14(11)16)9-13-18-12(19-20-13)7-2-1-3-8-17/h4-6H,1-3,7-9,17H2,(H,18,19,20). The average molecular weight is 313 g/mol. The number of nitrogens with one attached hydrogen (secondary N) is 1. The van der Waals surface area contributed by atoms with Gasteiger partial charge in [-0.05, 0) is 31.0 Å². The van der Waals surface area contributed by atoms with E-state index in [0.717, 1.165) is 49.4 Å². The van der Waals surface area contributed by atoms with E-state index < -0.39 is 0 Å². The Kier molecular flexibility index (Phi) is 5.83. The molecule has 0 radical (unpaired) electrons. The highest BCUT2D eigenvalue weighted by Crippen LogP contribution is 2.26. The third-order valence-corrected chi connectivity index (χ3v) is 3.93. The van der Waals surface area contributed by atoms with Crippen LogP contribution >= 0.6 is 23.2 Å². The minimum atomic E-state index is 0.561. The predicted octanol–water partition coefficient (Wildman–Crippen LogP) is 3.37. The maximum absolute atomic E-state index is 6.16. The largest absolute Gasteiger partial charge is 0.330 e. The number of halogens is 2. The summed E-state index contributed by atoms with van der Waals surface area (Å²) >= 11 is 12.2. The molecule has 1 heterocycles. The smallest absolute Gasteiger partial charge is 0.150 e. The maximum Gasteiger partial charge on any atom is 0.150 e. The van der Waals surface area contributed by atoms with E-state index >= 15 is 0 Å². The number of aromatic amines is 1. The number of hydrogen-bond acceptors (Lipinski definition) is 3. The van der Waals surface area contributed by atoms with Crippen LogP contribution in [0.5, 0.6) is 0 Å². The number of aromatic nitrogens is 3. The van der Waals surface area contributed by atoms with Crippen molar-refractivity contribution < 1.29 is 0 Å². The molecule has 3 N–H and O–H groups in total. The molecular formula is C14H18Cl2N4. The number of nitrogens with two attached hydrogens (primary N) is 1. The second-order valence-electron chi connectivity index (χ2n) is 4.69. The molecule has 0 saturated carbocycles. The first-order valence-corrected chi connectivity index (χ1v) is 7.49. The molecule has 4 nitrogen and oxygen atoms in total. The summed E-state index contributed by atoms with van der Waals surface area (Å²) in [5, 5.41) is 8.31. The van der Waals surface area contributed by atoms with Crippen molar-refractivity contribution in [3.05, 3.63) is 45.5 Å². The number of unbranched alkanes of at least 4 members (excludes halogenated alkanes) is 2. The molecule has 108 valence electrons. The van der Waals surface area contributed by atoms with Crippen LogP contribution in [0.2, 0.25) is 10.0 Å². The minimum absolute atomic E-state index is 0.561. The van der Waals surface area contributed by atoms with Crippen LogP contribution in [-0.2, 0) is 12.8 Å². The van der Waals surface area contributed by atoms with Gasteiger partial charge in [0.25, 0.3) is 0 Å². The van der Waals surface area contributed by atoms with Gasteiger partial charge in [-0.2, -0.15) is 5.10 Å². The van der Waals surface area contributed by atoms with E-state index in [4.69, 9.17) is 28.9 Å². The zero-order chi connectivity index (χ0) is 14.4. The summed E-state index contributed by atoms with van der Waals surface area (Å²) < 4.78 is 0. The summed E-state index contributed by atoms with van der Waals surface area (Å²) in [5.74, 6) is 1.65. The molecule has 0 amide bonds. The SMILES string of the molecule is NCCCCCc1n[nH]c(Cc2cccc(Cl)c2Cl)n1. The van der Waals surface area contributed by atoms with Gasteiger partial charge in [0.1, 0.15) is 5.82 Å². The van der Waals surface area contributed by atoms with E-state index in [-0.39, 0.29) is 0 Å². The monoisotopic (exact) mass is 312 g/mol. The van der Waals surface area contributed by atoms with Crippen LogP contribution < -0.4 is 5.73 Å². The van der Waals surface area contributed by atoms with Crippen molar-refractivity contribution >= 4 is 23.2 Å². The number of H-pyrrole nitrogens is 1. The lowest BCUT2D eigenvalue weighted by Crippen LogP contribution is -1.98. The van der Waals surface area contributed by atoms with E-state index in [1.165, 1.54) is 0 Å². The van der Waals surface area contributed by atoms with Crippen LogP contribution in [0.1, 0.15) is 36.5 Å². The Bertz CT molecular complexity index is 554. The highest BCUT2D eigenvalue weighted by Gasteiger charge is 2.08. The molecule has 0 spiro atoms. The van der Waals surface area contributed by atoms with Crippen molar-refractivity contribution in [3.8, 4) is 0 Å². The molecular weight excluding hydrogens is 295 g/mol. The first-order chi connectivity index (χ1) is 9.70. The molecule has 20 heavy (non-hydrogen) atoms. The molecule has 6 heteroatoms. The summed E-state index contributed by atoms with van der Waals surface area (Å²) in [6.45, 7) is 0.743. The fourth-order valence-electron chi connectivity index (χ4n) is 2.00. The fourth-order valence-corrected chi connectivity index (χ4v) is 2.38. The van der Waals surface area contributed by atoms with Crippen molar-refractivity contribution in [1.29, 1.82) is 0 Å². The number of aryl methyl sites for hydroxylation is 1. The molecule has 0 aliphatic rings. The summed E-state index contributed by atoms with van der Waals surface area (Å²) in [6.07, 6.45) is 4.71. The average Bonchev–Trinajstić information content (AvgIpc) is 2.88. The summed E-state index contributed by atoms with van der Waals surface area (Å²) in [6, 6.07) is 5.60. The third-order valence-electron chi connectivity index (χ3n) is 3.07. The van der Waals surface area contributed by atoms with Crippen LogP contribution in [0, 0.1) is 0 Å². The molecule has 0 bridgehead atoms. The topological polar surface area (TPSA) is 67.6 Å². The van der Waals surface area contributed by atoms with Gasteiger partial charge < -0.3 is 5.73 Å². The molecule has 0 saturated heterocycles. The van der Waals surface area contributed by atoms with Crippen LogP contribution in [-0.4, -0.2) is 21.7 Å². The highest BCUT2D eigenvalue weighted by molar-refractivity contribution is 6.42. The molecule has 2 rings (SSSR count). The molecule has 0 aliphatic heterocycles. The van der Waals surface area contributed by atoms with Gasteiger partial charge in [-0.15, -0.1) is 0 Å². The van der Waals surface area contributed by atoms with E-state index in [2.05, 4.69) is 15.2 Å². The van der Waals surface area contributed by atoms with Gasteiger partial charge in [0.15, 0.2) is 5.82 Å². The normalized spacial score (nSPS) is 10.9. The molecule has 1 aromatic carbocycles. The van der Waals surface area contributed by atoms with Crippen LogP contribution in [0.3, 0.4) is 0 Å². The number of rotatable bonds is 7. The molecule has 0 fully saturated rings. The maximum atomic E-state index is 6.16. The number of benzene rings is 1. The van der Waals surface area contributed by atoms with E-state index in [9.17, 15) is 0 Å². The first-order valence-electron chi connectivity index (χ1n) is 6.74. The van der Waals surface area contributed by atoms with Crippen molar-refractivity contribution in [2.75, 3.05) is 6.54 Å². The molecule has 0 aliphatic carbocycles. The Balaban J connectivity index is 1.94. The van der Waals surface area contributed by atoms with Crippen molar-refractivity contribution in [1.82, 2.24) is 15.2 Å². The zero-order valence-electron chi connectivity index (χ0n) is 11.2. The minimum Gasteiger partial charge on any atom is -0.330 e. The lowest BCUT2D eigenvalue weighted by atomic mass is 10.1. The first kappa shape index (κ1) is 15.3. The molecule has 0 atom stereocenters. The Labute approximate surface area is 128 Å². The predicted molar refractivity (Wildman–Crippen MR) is 82.3 cm³/mol. The Morgan fingerprint density at radius 3 is 2.80 bits per heavy atom. The third kappa shape index (κ3) is 4.20. The van der Waals surface area contributed by atoms with E-state index in [1.807, 2.05) is 12.1 Å². The van der Waals surface area contributed by atoms with Gasteiger partial charge in [-0.1, -0.05) is 41.8 Å². The lowest BCUT2D eigenvalue weighted by molar-refractivity contribution is 0.670. The van der Waals surface area contributed by atoms with E-state index in [1.54, 1.807) is 6.07 Å². The van der Waals surface area contributed by atoms with Crippen molar-refractivity contribution in [3.63, 3.8) is 0 Å². The van der Waals surface area contributed by atoms with Crippen molar-refractivity contribution in [2.45, 2.75) is 32.1 Å². The van der Waals surface area contributed by atoms with Gasteiger partial charge in [0.2, 0.25) is 0 Å². The van der Waals surface area contributed by atoms with Crippen molar-refractivity contribution in [2.24, 2.45) is 5.73 Å². The van der Waals surface area contributed by atoms with Gasteiger partial charge in [0, 0.05) is 12.8 Å². The van der Waals surface area contributed by atoms with Gasteiger partial charge >= 0.3 is 0 Å². The van der Waals surface area contributed by atoms with Crippen LogP contribution in [0.15, 0.2) is 18.2 Å². The number of hydrogen-bond donors (Lipinski definition) is 2. The lowest BCUT2D eigenvalue weighted by Gasteiger charge is -2.02. The molecule has 1 aromatic heterocycles. The quantitative estimate of drug-likeness (QED) is 0.770. The second-order valence-corrected chi connectivity index (χ2v) is 5.47. The van der Waals surface area contributed by atoms with E-state index in [0.29, 0.717) is 16.5 Å². The van der Waals surface area contributed by atoms with Gasteiger partial charge in [0.05, 0.1) is 10.0 Å². The summed E-state index contributed by atoms with van der Waals surface area (Å²) in [5.41, 5.74) is 6.41.